The lowest BCUT2D eigenvalue weighted by molar-refractivity contribution is 0.251. The zero-order valence-corrected chi connectivity index (χ0v) is 12.9. The quantitative estimate of drug-likeness (QED) is 0.690. The molecular formula is C16H17N5O2. The van der Waals surface area contributed by atoms with Crippen molar-refractivity contribution in [2.45, 2.75) is 13.5 Å². The van der Waals surface area contributed by atoms with Crippen LogP contribution in [0.15, 0.2) is 36.5 Å². The number of hydrogen-bond acceptors (Lipinski definition) is 4. The fraction of sp³-hybridized carbons (Fsp3) is 0.188. The molecule has 0 fully saturated rings. The first-order valence-electron chi connectivity index (χ1n) is 7.14. The highest BCUT2D eigenvalue weighted by Gasteiger charge is 2.09. The fourth-order valence-electron chi connectivity index (χ4n) is 2.28. The van der Waals surface area contributed by atoms with Crippen LogP contribution < -0.4 is 15.4 Å². The second-order valence-electron chi connectivity index (χ2n) is 5.14. The van der Waals surface area contributed by atoms with Crippen molar-refractivity contribution in [3.63, 3.8) is 0 Å². The summed E-state index contributed by atoms with van der Waals surface area (Å²) in [6, 6.07) is 9.37. The number of ether oxygens (including phenoxy) is 1. The van der Waals surface area contributed by atoms with Crippen LogP contribution in [-0.2, 0) is 6.54 Å². The molecule has 0 saturated heterocycles. The van der Waals surface area contributed by atoms with Crippen LogP contribution in [0.3, 0.4) is 0 Å². The van der Waals surface area contributed by atoms with Crippen LogP contribution in [0.4, 0.5) is 10.6 Å². The van der Waals surface area contributed by atoms with Crippen LogP contribution in [0.2, 0.25) is 0 Å². The molecule has 1 aromatic carbocycles. The number of benzene rings is 1. The van der Waals surface area contributed by atoms with Crippen LogP contribution in [0.25, 0.3) is 10.9 Å². The number of fused-ring (bicyclic) bond motifs is 1. The van der Waals surface area contributed by atoms with Gasteiger partial charge in [-0.2, -0.15) is 0 Å². The summed E-state index contributed by atoms with van der Waals surface area (Å²) in [7, 11) is 1.54. The maximum absolute atomic E-state index is 12.0. The van der Waals surface area contributed by atoms with Crippen LogP contribution in [-0.4, -0.2) is 28.3 Å². The van der Waals surface area contributed by atoms with Gasteiger partial charge in [-0.15, -0.1) is 5.10 Å². The van der Waals surface area contributed by atoms with E-state index in [1.54, 1.807) is 19.4 Å². The number of H-pyrrole nitrogens is 1. The Labute approximate surface area is 133 Å². The third-order valence-electron chi connectivity index (χ3n) is 3.38. The highest BCUT2D eigenvalue weighted by Crippen LogP contribution is 2.22. The van der Waals surface area contributed by atoms with Crippen LogP contribution in [0, 0.1) is 6.92 Å². The molecule has 7 nitrogen and oxygen atoms in total. The first kappa shape index (κ1) is 14.8. The van der Waals surface area contributed by atoms with Gasteiger partial charge in [0.05, 0.1) is 18.0 Å². The lowest BCUT2D eigenvalue weighted by Crippen LogP contribution is -2.28. The summed E-state index contributed by atoms with van der Waals surface area (Å²) in [5.74, 6) is 0.911. The zero-order valence-electron chi connectivity index (χ0n) is 12.9. The molecule has 23 heavy (non-hydrogen) atoms. The summed E-state index contributed by atoms with van der Waals surface area (Å²) in [6.45, 7) is 2.47. The normalized spacial score (nSPS) is 10.5. The molecule has 3 aromatic rings. The van der Waals surface area contributed by atoms with Gasteiger partial charge in [-0.05, 0) is 12.5 Å². The Morgan fingerprint density at radius 1 is 1.35 bits per heavy atom. The van der Waals surface area contributed by atoms with Gasteiger partial charge in [0.15, 0.2) is 0 Å². The summed E-state index contributed by atoms with van der Waals surface area (Å²) >= 11 is 0. The number of urea groups is 1. The minimum absolute atomic E-state index is 0.315. The van der Waals surface area contributed by atoms with Crippen molar-refractivity contribution in [1.82, 2.24) is 20.5 Å². The molecule has 2 amide bonds. The Morgan fingerprint density at radius 2 is 2.22 bits per heavy atom. The Balaban J connectivity index is 1.63. The molecule has 0 saturated carbocycles. The molecule has 0 bridgehead atoms. The number of nitrogens with zero attached hydrogens (tertiary/aromatic N) is 2. The number of hydrogen-bond donors (Lipinski definition) is 3. The van der Waals surface area contributed by atoms with E-state index in [1.165, 1.54) is 0 Å². The molecule has 2 aromatic heterocycles. The van der Waals surface area contributed by atoms with Crippen LogP contribution in [0.5, 0.6) is 5.88 Å². The van der Waals surface area contributed by atoms with Crippen molar-refractivity contribution >= 4 is 22.8 Å². The van der Waals surface area contributed by atoms with Gasteiger partial charge in [0.1, 0.15) is 5.82 Å². The van der Waals surface area contributed by atoms with Crippen molar-refractivity contribution in [2.24, 2.45) is 0 Å². The molecule has 3 N–H and O–H groups in total. The number of carbonyl (C=O) groups excluding carboxylic acids is 1. The number of carbonyl (C=O) groups is 1. The van der Waals surface area contributed by atoms with Crippen molar-refractivity contribution in [3.05, 3.63) is 47.7 Å². The third kappa shape index (κ3) is 3.39. The summed E-state index contributed by atoms with van der Waals surface area (Å²) in [5, 5.41) is 13.1. The first-order valence-corrected chi connectivity index (χ1v) is 7.14. The van der Waals surface area contributed by atoms with Gasteiger partial charge in [-0.3, -0.25) is 10.4 Å². The van der Waals surface area contributed by atoms with E-state index in [-0.39, 0.29) is 6.03 Å². The second-order valence-corrected chi connectivity index (χ2v) is 5.14. The predicted octanol–water partition coefficient (Wildman–Crippen LogP) is 2.60. The minimum Gasteiger partial charge on any atom is -0.479 e. The SMILES string of the molecule is COc1n[nH]c2cc(NC(=O)NCc3cccc(C)c3)ncc12. The van der Waals surface area contributed by atoms with E-state index in [0.717, 1.165) is 22.0 Å². The smallest absolute Gasteiger partial charge is 0.320 e. The van der Waals surface area contributed by atoms with Gasteiger partial charge in [-0.1, -0.05) is 29.8 Å². The summed E-state index contributed by atoms with van der Waals surface area (Å²) in [4.78, 5) is 16.1. The van der Waals surface area contributed by atoms with E-state index in [2.05, 4.69) is 25.8 Å². The maximum Gasteiger partial charge on any atom is 0.320 e. The molecule has 0 spiro atoms. The number of aromatic nitrogens is 3. The number of aryl methyl sites for hydroxylation is 1. The standard InChI is InChI=1S/C16H17N5O2/c1-10-4-3-5-11(6-10)8-18-16(22)19-14-7-13-12(9-17-14)15(23-2)21-20-13/h3-7,9H,8H2,1-2H3,(H,20,21)(H2,17,18,19,22). The number of nitrogens with one attached hydrogen (secondary N) is 3. The highest BCUT2D eigenvalue weighted by atomic mass is 16.5. The second kappa shape index (κ2) is 6.35. The van der Waals surface area contributed by atoms with Crippen molar-refractivity contribution in [2.75, 3.05) is 12.4 Å². The number of methoxy groups -OCH3 is 1. The van der Waals surface area contributed by atoms with Crippen molar-refractivity contribution in [3.8, 4) is 5.88 Å². The maximum atomic E-state index is 12.0. The Bertz CT molecular complexity index is 843. The third-order valence-corrected chi connectivity index (χ3v) is 3.38. The van der Waals surface area contributed by atoms with Gasteiger partial charge in [0.25, 0.3) is 0 Å². The average molecular weight is 311 g/mol. The minimum atomic E-state index is -0.315. The molecule has 0 aliphatic carbocycles. The summed E-state index contributed by atoms with van der Waals surface area (Å²) in [5.41, 5.74) is 2.94. The molecule has 0 unspecified atom stereocenters. The molecule has 3 rings (SSSR count). The number of pyridine rings is 1. The van der Waals surface area contributed by atoms with E-state index >= 15 is 0 Å². The van der Waals surface area contributed by atoms with Crippen molar-refractivity contribution in [1.29, 1.82) is 0 Å². The number of aromatic amines is 1. The molecule has 7 heteroatoms. The topological polar surface area (TPSA) is 91.9 Å². The lowest BCUT2D eigenvalue weighted by Gasteiger charge is -2.07. The number of anilines is 1. The average Bonchev–Trinajstić information content (AvgIpc) is 2.95. The van der Waals surface area contributed by atoms with E-state index < -0.39 is 0 Å². The largest absolute Gasteiger partial charge is 0.479 e. The molecule has 0 aliphatic heterocycles. The summed E-state index contributed by atoms with van der Waals surface area (Å²) in [6.07, 6.45) is 1.60. The Kier molecular flexibility index (Phi) is 4.09. The van der Waals surface area contributed by atoms with Gasteiger partial charge in [-0.25, -0.2) is 9.78 Å². The number of amides is 2. The van der Waals surface area contributed by atoms with Crippen LogP contribution in [0.1, 0.15) is 11.1 Å². The van der Waals surface area contributed by atoms with Crippen molar-refractivity contribution < 1.29 is 9.53 Å². The summed E-state index contributed by atoms with van der Waals surface area (Å²) < 4.78 is 5.10. The van der Waals surface area contributed by atoms with E-state index in [1.807, 2.05) is 31.2 Å². The van der Waals surface area contributed by atoms with Gasteiger partial charge >= 0.3 is 6.03 Å². The number of rotatable bonds is 4. The highest BCUT2D eigenvalue weighted by molar-refractivity contribution is 5.91. The van der Waals surface area contributed by atoms with E-state index in [4.69, 9.17) is 4.74 Å². The van der Waals surface area contributed by atoms with Gasteiger partial charge in [0, 0.05) is 18.8 Å². The van der Waals surface area contributed by atoms with Gasteiger partial charge < -0.3 is 10.1 Å². The molecular weight excluding hydrogens is 294 g/mol. The van der Waals surface area contributed by atoms with E-state index in [0.29, 0.717) is 18.2 Å². The molecule has 0 radical (unpaired) electrons. The van der Waals surface area contributed by atoms with Crippen LogP contribution >= 0.6 is 0 Å². The Hall–Kier alpha value is -3.09. The molecule has 0 aliphatic rings. The first-order chi connectivity index (χ1) is 11.2. The van der Waals surface area contributed by atoms with E-state index in [9.17, 15) is 4.79 Å². The lowest BCUT2D eigenvalue weighted by atomic mass is 10.1. The molecule has 2 heterocycles. The zero-order chi connectivity index (χ0) is 16.2. The fourth-order valence-corrected chi connectivity index (χ4v) is 2.28. The monoisotopic (exact) mass is 311 g/mol. The predicted molar refractivity (Wildman–Crippen MR) is 87.5 cm³/mol. The molecule has 0 atom stereocenters. The van der Waals surface area contributed by atoms with Gasteiger partial charge in [0.2, 0.25) is 5.88 Å². The Morgan fingerprint density at radius 3 is 3.00 bits per heavy atom. The molecule has 118 valence electrons.